The molecule has 0 atom stereocenters. The van der Waals surface area contributed by atoms with E-state index >= 15 is 0 Å². The normalized spacial score (nSPS) is 13.2. The Labute approximate surface area is 149 Å². The van der Waals surface area contributed by atoms with E-state index in [1.54, 1.807) is 13.0 Å². The highest BCUT2D eigenvalue weighted by Gasteiger charge is 2.17. The molecule has 0 aliphatic carbocycles. The number of unbranched alkanes of at least 4 members (excludes halogenated alkanes) is 1. The zero-order valence-electron chi connectivity index (χ0n) is 14.7. The monoisotopic (exact) mass is 359 g/mol. The molecule has 26 heavy (non-hydrogen) atoms. The molecule has 1 aliphatic heterocycles. The van der Waals surface area contributed by atoms with E-state index in [0.717, 1.165) is 12.0 Å². The number of ether oxygens (including phenoxy) is 2. The van der Waals surface area contributed by atoms with Crippen LogP contribution in [0, 0.1) is 0 Å². The summed E-state index contributed by atoms with van der Waals surface area (Å²) < 4.78 is 11.8. The third kappa shape index (κ3) is 3.49. The molecule has 1 aromatic carbocycles. The lowest BCUT2D eigenvalue weighted by atomic mass is 10.2. The van der Waals surface area contributed by atoms with Crippen LogP contribution in [0.5, 0.6) is 17.4 Å². The van der Waals surface area contributed by atoms with Gasteiger partial charge < -0.3 is 14.6 Å². The Kier molecular flexibility index (Phi) is 5.11. The van der Waals surface area contributed by atoms with Gasteiger partial charge in [-0.1, -0.05) is 19.4 Å². The highest BCUT2D eigenvalue weighted by molar-refractivity contribution is 6.00. The quantitative estimate of drug-likeness (QED) is 0.765. The molecular weight excluding hydrogens is 338 g/mol. The number of nitrogens with zero attached hydrogens (tertiary/aromatic N) is 2. The number of aromatic amines is 1. The second kappa shape index (κ2) is 7.47. The number of hydrogen-bond donors (Lipinski definition) is 2. The van der Waals surface area contributed by atoms with Crippen molar-refractivity contribution in [2.45, 2.75) is 39.8 Å². The van der Waals surface area contributed by atoms with E-state index in [4.69, 9.17) is 9.47 Å². The van der Waals surface area contributed by atoms with E-state index in [1.165, 1.54) is 4.57 Å². The van der Waals surface area contributed by atoms with Crippen LogP contribution < -0.4 is 20.7 Å². The Morgan fingerprint density at radius 2 is 2.08 bits per heavy atom. The Bertz CT molecular complexity index is 958. The van der Waals surface area contributed by atoms with E-state index in [2.05, 4.69) is 9.98 Å². The predicted molar refractivity (Wildman–Crippen MR) is 96.4 cm³/mol. The summed E-state index contributed by atoms with van der Waals surface area (Å²) in [5.74, 6) is 0.995. The highest BCUT2D eigenvalue weighted by Crippen LogP contribution is 2.32. The number of benzene rings is 1. The van der Waals surface area contributed by atoms with Crippen LogP contribution in [-0.2, 0) is 13.1 Å². The maximum absolute atomic E-state index is 12.1. The van der Waals surface area contributed by atoms with Gasteiger partial charge in [-0.15, -0.1) is 0 Å². The topological polar surface area (TPSA) is 106 Å². The first kappa shape index (κ1) is 17.8. The van der Waals surface area contributed by atoms with Gasteiger partial charge in [-0.2, -0.15) is 0 Å². The van der Waals surface area contributed by atoms with Crippen LogP contribution in [0.2, 0.25) is 0 Å². The van der Waals surface area contributed by atoms with Crippen LogP contribution in [0.3, 0.4) is 0 Å². The van der Waals surface area contributed by atoms with E-state index in [0.29, 0.717) is 36.7 Å². The smallest absolute Gasteiger partial charge is 0.331 e. The van der Waals surface area contributed by atoms with E-state index < -0.39 is 11.2 Å². The molecule has 0 fully saturated rings. The van der Waals surface area contributed by atoms with Gasteiger partial charge in [0.15, 0.2) is 11.5 Å². The Hall–Kier alpha value is -3.03. The van der Waals surface area contributed by atoms with Crippen molar-refractivity contribution in [2.75, 3.05) is 6.79 Å². The molecule has 8 nitrogen and oxygen atoms in total. The molecule has 2 aromatic rings. The van der Waals surface area contributed by atoms with Crippen LogP contribution in [-0.4, -0.2) is 27.2 Å². The van der Waals surface area contributed by atoms with Crippen molar-refractivity contribution in [1.29, 1.82) is 0 Å². The van der Waals surface area contributed by atoms with Gasteiger partial charge in [-0.3, -0.25) is 19.3 Å². The maximum Gasteiger partial charge on any atom is 0.331 e. The number of aromatic hydroxyl groups is 1. The van der Waals surface area contributed by atoms with Gasteiger partial charge in [-0.05, 0) is 31.0 Å². The third-order valence-electron chi connectivity index (χ3n) is 4.20. The fraction of sp³-hybridized carbons (Fsp3) is 0.389. The van der Waals surface area contributed by atoms with Crippen LogP contribution in [0.15, 0.2) is 32.8 Å². The molecule has 0 unspecified atom stereocenters. The molecule has 0 saturated carbocycles. The van der Waals surface area contributed by atoms with E-state index in [9.17, 15) is 14.7 Å². The second-order valence-corrected chi connectivity index (χ2v) is 6.05. The van der Waals surface area contributed by atoms with Gasteiger partial charge in [0.1, 0.15) is 5.56 Å². The standard InChI is InChI=1S/C18H21N3O5/c1-3-4-7-21-17(23)15(16(22)20-18(21)24)11(2)19-9-12-5-6-13-14(8-12)26-10-25-13/h5-6,8,23H,3-4,7,9-10H2,1-2H3,(H,20,22,24). The Morgan fingerprint density at radius 3 is 2.85 bits per heavy atom. The molecule has 1 aliphatic rings. The lowest BCUT2D eigenvalue weighted by molar-refractivity contribution is 0.174. The number of rotatable bonds is 6. The van der Waals surface area contributed by atoms with Gasteiger partial charge >= 0.3 is 5.69 Å². The van der Waals surface area contributed by atoms with E-state index in [1.807, 2.05) is 19.1 Å². The summed E-state index contributed by atoms with van der Waals surface area (Å²) >= 11 is 0. The van der Waals surface area contributed by atoms with Gasteiger partial charge in [0.25, 0.3) is 5.56 Å². The molecule has 138 valence electrons. The summed E-state index contributed by atoms with van der Waals surface area (Å²) in [6.07, 6.45) is 1.57. The summed E-state index contributed by atoms with van der Waals surface area (Å²) in [6, 6.07) is 5.49. The van der Waals surface area contributed by atoms with Crippen LogP contribution in [0.4, 0.5) is 0 Å². The molecular formula is C18H21N3O5. The minimum absolute atomic E-state index is 0.0152. The fourth-order valence-corrected chi connectivity index (χ4v) is 2.74. The summed E-state index contributed by atoms with van der Waals surface area (Å²) in [6.45, 7) is 4.44. The highest BCUT2D eigenvalue weighted by atomic mass is 16.7. The molecule has 0 bridgehead atoms. The number of aromatic nitrogens is 2. The third-order valence-corrected chi connectivity index (χ3v) is 4.20. The van der Waals surface area contributed by atoms with Crippen molar-refractivity contribution in [1.82, 2.24) is 9.55 Å². The number of nitrogens with one attached hydrogen (secondary N) is 1. The van der Waals surface area contributed by atoms with Gasteiger partial charge in [0.2, 0.25) is 12.7 Å². The first-order valence-corrected chi connectivity index (χ1v) is 8.47. The minimum atomic E-state index is -0.646. The number of hydrogen-bond acceptors (Lipinski definition) is 6. The van der Waals surface area contributed by atoms with Crippen molar-refractivity contribution in [3.63, 3.8) is 0 Å². The van der Waals surface area contributed by atoms with Gasteiger partial charge in [0, 0.05) is 6.54 Å². The lowest BCUT2D eigenvalue weighted by Crippen LogP contribution is -2.33. The average Bonchev–Trinajstić information content (AvgIpc) is 3.07. The number of H-pyrrole nitrogens is 1. The molecule has 2 N–H and O–H groups in total. The summed E-state index contributed by atoms with van der Waals surface area (Å²) in [5, 5.41) is 10.4. The minimum Gasteiger partial charge on any atom is -0.494 e. The van der Waals surface area contributed by atoms with Crippen LogP contribution >= 0.6 is 0 Å². The Balaban J connectivity index is 1.89. The van der Waals surface area contributed by atoms with Crippen molar-refractivity contribution in [3.8, 4) is 17.4 Å². The molecule has 0 radical (unpaired) electrons. The number of aliphatic imine (C=N–C) groups is 1. The zero-order chi connectivity index (χ0) is 18.7. The maximum atomic E-state index is 12.1. The van der Waals surface area contributed by atoms with Crippen LogP contribution in [0.25, 0.3) is 0 Å². The molecule has 2 heterocycles. The van der Waals surface area contributed by atoms with Crippen molar-refractivity contribution >= 4 is 5.71 Å². The first-order chi connectivity index (χ1) is 12.5. The summed E-state index contributed by atoms with van der Waals surface area (Å²) in [7, 11) is 0. The molecule has 0 amide bonds. The molecule has 0 spiro atoms. The Morgan fingerprint density at radius 1 is 1.31 bits per heavy atom. The zero-order valence-corrected chi connectivity index (χ0v) is 14.7. The van der Waals surface area contributed by atoms with E-state index in [-0.39, 0.29) is 18.2 Å². The van der Waals surface area contributed by atoms with Crippen molar-refractivity contribution in [2.24, 2.45) is 4.99 Å². The number of fused-ring (bicyclic) bond motifs is 1. The molecule has 1 aromatic heterocycles. The SMILES string of the molecule is CCCCn1c(O)c(C(C)=NCc2ccc3c(c2)OCO3)c(=O)[nH]c1=O. The lowest BCUT2D eigenvalue weighted by Gasteiger charge is -2.11. The largest absolute Gasteiger partial charge is 0.494 e. The predicted octanol–water partition coefficient (Wildman–Crippen LogP) is 1.78. The van der Waals surface area contributed by atoms with Crippen molar-refractivity contribution < 1.29 is 14.6 Å². The molecule has 8 heteroatoms. The summed E-state index contributed by atoms with van der Waals surface area (Å²) in [5.41, 5.74) is -0.0163. The molecule has 0 saturated heterocycles. The average molecular weight is 359 g/mol. The first-order valence-electron chi connectivity index (χ1n) is 8.47. The summed E-state index contributed by atoms with van der Waals surface area (Å²) in [4.78, 5) is 30.7. The van der Waals surface area contributed by atoms with Gasteiger partial charge in [-0.25, -0.2) is 4.79 Å². The van der Waals surface area contributed by atoms with Crippen LogP contribution in [0.1, 0.15) is 37.8 Å². The van der Waals surface area contributed by atoms with Crippen molar-refractivity contribution in [3.05, 3.63) is 50.2 Å². The molecule has 3 rings (SSSR count). The van der Waals surface area contributed by atoms with Gasteiger partial charge in [0.05, 0.1) is 12.3 Å². The second-order valence-electron chi connectivity index (χ2n) is 6.05. The fourth-order valence-electron chi connectivity index (χ4n) is 2.74.